The minimum Gasteiger partial charge on any atom is -0.370 e. The number of hydrogen-bond acceptors (Lipinski definition) is 4. The standard InChI is InChI=1S/C14H19N5O/c1-3-16-13-7-11(6-10(2)19-13)14(20)17-5-4-12-8-15-9-18-12/h6-9H,3-5H2,1-2H3,(H,15,18)(H,16,19)(H,17,20). The molecular weight excluding hydrogens is 254 g/mol. The highest BCUT2D eigenvalue weighted by molar-refractivity contribution is 5.95. The van der Waals surface area contributed by atoms with Crippen LogP contribution in [-0.2, 0) is 6.42 Å². The average Bonchev–Trinajstić information content (AvgIpc) is 2.91. The first-order valence-electron chi connectivity index (χ1n) is 6.67. The number of H-pyrrole nitrogens is 1. The number of pyridine rings is 1. The number of aromatic amines is 1. The van der Waals surface area contributed by atoms with E-state index in [4.69, 9.17) is 0 Å². The van der Waals surface area contributed by atoms with Crippen LogP contribution in [0.4, 0.5) is 5.82 Å². The highest BCUT2D eigenvalue weighted by Gasteiger charge is 2.08. The second-order valence-electron chi connectivity index (χ2n) is 4.50. The number of rotatable bonds is 6. The molecule has 2 rings (SSSR count). The summed E-state index contributed by atoms with van der Waals surface area (Å²) in [5.74, 6) is 0.639. The maximum absolute atomic E-state index is 12.1. The summed E-state index contributed by atoms with van der Waals surface area (Å²) in [7, 11) is 0. The molecule has 0 atom stereocenters. The number of nitrogens with one attached hydrogen (secondary N) is 3. The molecule has 0 saturated carbocycles. The summed E-state index contributed by atoms with van der Waals surface area (Å²) < 4.78 is 0. The van der Waals surface area contributed by atoms with Crippen molar-refractivity contribution in [3.8, 4) is 0 Å². The summed E-state index contributed by atoms with van der Waals surface area (Å²) in [6.45, 7) is 5.21. The van der Waals surface area contributed by atoms with E-state index in [0.29, 0.717) is 12.1 Å². The predicted octanol–water partition coefficient (Wildman–Crippen LogP) is 1.52. The summed E-state index contributed by atoms with van der Waals surface area (Å²) >= 11 is 0. The molecule has 0 bridgehead atoms. The Morgan fingerprint density at radius 2 is 2.25 bits per heavy atom. The molecule has 3 N–H and O–H groups in total. The monoisotopic (exact) mass is 273 g/mol. The van der Waals surface area contributed by atoms with Crippen molar-refractivity contribution in [2.24, 2.45) is 0 Å². The van der Waals surface area contributed by atoms with Gasteiger partial charge >= 0.3 is 0 Å². The molecule has 0 unspecified atom stereocenters. The van der Waals surface area contributed by atoms with Crippen molar-refractivity contribution < 1.29 is 4.79 Å². The number of amides is 1. The normalized spacial score (nSPS) is 10.3. The molecule has 0 saturated heterocycles. The molecule has 0 radical (unpaired) electrons. The number of carbonyl (C=O) groups is 1. The number of carbonyl (C=O) groups excluding carboxylic acids is 1. The van der Waals surface area contributed by atoms with E-state index in [9.17, 15) is 4.79 Å². The number of imidazole rings is 1. The number of anilines is 1. The Balaban J connectivity index is 1.94. The van der Waals surface area contributed by atoms with Crippen molar-refractivity contribution in [2.75, 3.05) is 18.4 Å². The lowest BCUT2D eigenvalue weighted by Gasteiger charge is -2.08. The summed E-state index contributed by atoms with van der Waals surface area (Å²) in [5.41, 5.74) is 2.45. The molecule has 20 heavy (non-hydrogen) atoms. The van der Waals surface area contributed by atoms with Crippen molar-refractivity contribution in [1.29, 1.82) is 0 Å². The lowest BCUT2D eigenvalue weighted by Crippen LogP contribution is -2.26. The van der Waals surface area contributed by atoms with Crippen molar-refractivity contribution in [3.63, 3.8) is 0 Å². The SMILES string of the molecule is CCNc1cc(C(=O)NCCc2cnc[nH]2)cc(C)n1. The average molecular weight is 273 g/mol. The van der Waals surface area contributed by atoms with E-state index in [0.717, 1.165) is 30.2 Å². The highest BCUT2D eigenvalue weighted by atomic mass is 16.1. The zero-order valence-electron chi connectivity index (χ0n) is 11.7. The maximum Gasteiger partial charge on any atom is 0.251 e. The Kier molecular flexibility index (Phi) is 4.70. The molecule has 2 aromatic heterocycles. The lowest BCUT2D eigenvalue weighted by atomic mass is 10.2. The third-order valence-electron chi connectivity index (χ3n) is 2.81. The van der Waals surface area contributed by atoms with Crippen molar-refractivity contribution >= 4 is 11.7 Å². The first kappa shape index (κ1) is 14.0. The molecule has 0 aliphatic heterocycles. The maximum atomic E-state index is 12.1. The Morgan fingerprint density at radius 3 is 2.95 bits per heavy atom. The highest BCUT2D eigenvalue weighted by Crippen LogP contribution is 2.10. The molecule has 0 fully saturated rings. The van der Waals surface area contributed by atoms with E-state index in [1.54, 1.807) is 24.7 Å². The topological polar surface area (TPSA) is 82.7 Å². The van der Waals surface area contributed by atoms with Gasteiger partial charge in [-0.3, -0.25) is 4.79 Å². The molecule has 1 amide bonds. The van der Waals surface area contributed by atoms with Crippen LogP contribution in [0.25, 0.3) is 0 Å². The van der Waals surface area contributed by atoms with E-state index in [1.807, 2.05) is 13.8 Å². The third kappa shape index (κ3) is 3.81. The number of aryl methyl sites for hydroxylation is 1. The van der Waals surface area contributed by atoms with Crippen LogP contribution >= 0.6 is 0 Å². The minimum absolute atomic E-state index is 0.0887. The Bertz CT molecular complexity index is 565. The largest absolute Gasteiger partial charge is 0.370 e. The zero-order chi connectivity index (χ0) is 14.4. The van der Waals surface area contributed by atoms with Gasteiger partial charge in [-0.1, -0.05) is 0 Å². The molecule has 6 heteroatoms. The number of hydrogen-bond donors (Lipinski definition) is 3. The lowest BCUT2D eigenvalue weighted by molar-refractivity contribution is 0.0954. The summed E-state index contributed by atoms with van der Waals surface area (Å²) in [5, 5.41) is 6.01. The van der Waals surface area contributed by atoms with Gasteiger partial charge in [-0.25, -0.2) is 9.97 Å². The van der Waals surface area contributed by atoms with E-state index < -0.39 is 0 Å². The quantitative estimate of drug-likeness (QED) is 0.745. The van der Waals surface area contributed by atoms with Crippen LogP contribution in [0.15, 0.2) is 24.7 Å². The Labute approximate surface area is 118 Å². The van der Waals surface area contributed by atoms with Gasteiger partial charge in [0, 0.05) is 42.7 Å². The molecule has 0 aliphatic rings. The van der Waals surface area contributed by atoms with Crippen molar-refractivity contribution in [3.05, 3.63) is 41.6 Å². The molecule has 0 spiro atoms. The fourth-order valence-corrected chi connectivity index (χ4v) is 1.91. The summed E-state index contributed by atoms with van der Waals surface area (Å²) in [6.07, 6.45) is 4.12. The van der Waals surface area contributed by atoms with E-state index in [-0.39, 0.29) is 5.91 Å². The molecule has 2 heterocycles. The zero-order valence-corrected chi connectivity index (χ0v) is 11.7. The van der Waals surface area contributed by atoms with Crippen LogP contribution in [0.3, 0.4) is 0 Å². The van der Waals surface area contributed by atoms with Gasteiger partial charge < -0.3 is 15.6 Å². The second-order valence-corrected chi connectivity index (χ2v) is 4.50. The Morgan fingerprint density at radius 1 is 1.40 bits per heavy atom. The van der Waals surface area contributed by atoms with Gasteiger partial charge in [0.1, 0.15) is 5.82 Å². The van der Waals surface area contributed by atoms with E-state index in [2.05, 4.69) is 25.6 Å². The molecule has 106 valence electrons. The second kappa shape index (κ2) is 6.70. The fraction of sp³-hybridized carbons (Fsp3) is 0.357. The van der Waals surface area contributed by atoms with Crippen molar-refractivity contribution in [2.45, 2.75) is 20.3 Å². The van der Waals surface area contributed by atoms with Gasteiger partial charge in [-0.2, -0.15) is 0 Å². The molecule has 6 nitrogen and oxygen atoms in total. The minimum atomic E-state index is -0.0887. The molecular formula is C14H19N5O. The number of aromatic nitrogens is 3. The van der Waals surface area contributed by atoms with E-state index >= 15 is 0 Å². The summed E-state index contributed by atoms with van der Waals surface area (Å²) in [4.78, 5) is 23.4. The van der Waals surface area contributed by atoms with Crippen LogP contribution in [-0.4, -0.2) is 33.9 Å². The molecule has 2 aromatic rings. The Hall–Kier alpha value is -2.37. The molecule has 0 aromatic carbocycles. The number of nitrogens with zero attached hydrogens (tertiary/aromatic N) is 2. The third-order valence-corrected chi connectivity index (χ3v) is 2.81. The van der Waals surface area contributed by atoms with E-state index in [1.165, 1.54) is 0 Å². The smallest absolute Gasteiger partial charge is 0.251 e. The van der Waals surface area contributed by atoms with Gasteiger partial charge in [-0.05, 0) is 26.0 Å². The van der Waals surface area contributed by atoms with Crippen molar-refractivity contribution in [1.82, 2.24) is 20.3 Å². The summed E-state index contributed by atoms with van der Waals surface area (Å²) in [6, 6.07) is 3.55. The van der Waals surface area contributed by atoms with Gasteiger partial charge in [0.05, 0.1) is 6.33 Å². The first-order chi connectivity index (χ1) is 9.69. The van der Waals surface area contributed by atoms with Crippen LogP contribution in [0, 0.1) is 6.92 Å². The molecule has 0 aliphatic carbocycles. The van der Waals surface area contributed by atoms with Crippen LogP contribution in [0.2, 0.25) is 0 Å². The van der Waals surface area contributed by atoms with Gasteiger partial charge in [-0.15, -0.1) is 0 Å². The van der Waals surface area contributed by atoms with Gasteiger partial charge in [0.15, 0.2) is 0 Å². The first-order valence-corrected chi connectivity index (χ1v) is 6.67. The van der Waals surface area contributed by atoms with Crippen LogP contribution < -0.4 is 10.6 Å². The van der Waals surface area contributed by atoms with Crippen LogP contribution in [0.1, 0.15) is 28.7 Å². The van der Waals surface area contributed by atoms with Crippen LogP contribution in [0.5, 0.6) is 0 Å². The van der Waals surface area contributed by atoms with Gasteiger partial charge in [0.25, 0.3) is 5.91 Å². The van der Waals surface area contributed by atoms with Gasteiger partial charge in [0.2, 0.25) is 0 Å². The predicted molar refractivity (Wildman–Crippen MR) is 77.8 cm³/mol. The fourth-order valence-electron chi connectivity index (χ4n) is 1.91.